The summed E-state index contributed by atoms with van der Waals surface area (Å²) in [6.45, 7) is 4.69. The molecule has 28 heavy (non-hydrogen) atoms. The number of hydrogen-bond acceptors (Lipinski definition) is 6. The molecule has 0 saturated heterocycles. The highest BCUT2D eigenvalue weighted by molar-refractivity contribution is 5.94. The number of methoxy groups -OCH3 is 2. The van der Waals surface area contributed by atoms with E-state index in [4.69, 9.17) is 18.9 Å². The Bertz CT molecular complexity index is 868. The smallest absolute Gasteiger partial charge is 0.241 e. The molecule has 1 heterocycles. The minimum atomic E-state index is -0.335. The lowest BCUT2D eigenvalue weighted by Gasteiger charge is -2.25. The summed E-state index contributed by atoms with van der Waals surface area (Å²) in [5, 5.41) is 2.93. The van der Waals surface area contributed by atoms with Crippen LogP contribution in [-0.2, 0) is 11.3 Å². The average Bonchev–Trinajstić information content (AvgIpc) is 3.16. The average molecular weight is 386 g/mol. The molecule has 0 aromatic heterocycles. The number of likely N-dealkylation sites (N-methyl/N-ethyl adjacent to an activating group) is 1. The van der Waals surface area contributed by atoms with Crippen LogP contribution < -0.4 is 24.3 Å². The van der Waals surface area contributed by atoms with Gasteiger partial charge in [0.15, 0.2) is 23.0 Å². The van der Waals surface area contributed by atoms with Gasteiger partial charge in [-0.3, -0.25) is 9.69 Å². The number of fused-ring (bicyclic) bond motifs is 1. The van der Waals surface area contributed by atoms with Crippen molar-refractivity contribution in [3.8, 4) is 23.0 Å². The Morgan fingerprint density at radius 2 is 1.82 bits per heavy atom. The second-order valence-corrected chi connectivity index (χ2v) is 6.78. The van der Waals surface area contributed by atoms with Crippen molar-refractivity contribution >= 4 is 11.6 Å². The minimum Gasteiger partial charge on any atom is -0.493 e. The molecule has 1 N–H and O–H groups in total. The highest BCUT2D eigenvalue weighted by atomic mass is 16.7. The summed E-state index contributed by atoms with van der Waals surface area (Å²) in [5.41, 5.74) is 2.83. The van der Waals surface area contributed by atoms with Crippen LogP contribution in [0.2, 0.25) is 0 Å². The molecule has 1 atom stereocenters. The van der Waals surface area contributed by atoms with Gasteiger partial charge in [0.1, 0.15) is 0 Å². The third-order valence-corrected chi connectivity index (χ3v) is 4.94. The zero-order chi connectivity index (χ0) is 20.3. The third-order valence-electron chi connectivity index (χ3n) is 4.94. The van der Waals surface area contributed by atoms with E-state index in [1.807, 2.05) is 37.9 Å². The monoisotopic (exact) mass is 386 g/mol. The molecular formula is C21H26N2O5. The normalized spacial score (nSPS) is 13.4. The zero-order valence-corrected chi connectivity index (χ0v) is 16.9. The van der Waals surface area contributed by atoms with Crippen LogP contribution in [0.5, 0.6) is 23.0 Å². The molecule has 0 radical (unpaired) electrons. The van der Waals surface area contributed by atoms with Crippen LogP contribution in [-0.4, -0.2) is 44.9 Å². The number of rotatable bonds is 7. The molecule has 3 rings (SSSR count). The summed E-state index contributed by atoms with van der Waals surface area (Å²) in [4.78, 5) is 14.7. The van der Waals surface area contributed by atoms with Crippen LogP contribution in [0.1, 0.15) is 18.1 Å². The van der Waals surface area contributed by atoms with E-state index >= 15 is 0 Å². The summed E-state index contributed by atoms with van der Waals surface area (Å²) in [5.74, 6) is 2.60. The van der Waals surface area contributed by atoms with Gasteiger partial charge < -0.3 is 24.3 Å². The highest BCUT2D eigenvalue weighted by Crippen LogP contribution is 2.34. The number of aryl methyl sites for hydroxylation is 1. The van der Waals surface area contributed by atoms with Crippen molar-refractivity contribution in [3.05, 3.63) is 41.5 Å². The molecule has 0 saturated carbocycles. The van der Waals surface area contributed by atoms with E-state index < -0.39 is 0 Å². The van der Waals surface area contributed by atoms with Crippen LogP contribution in [0.3, 0.4) is 0 Å². The van der Waals surface area contributed by atoms with Crippen molar-refractivity contribution in [2.75, 3.05) is 33.4 Å². The van der Waals surface area contributed by atoms with Crippen LogP contribution in [0.4, 0.5) is 5.69 Å². The summed E-state index contributed by atoms with van der Waals surface area (Å²) in [6.07, 6.45) is 0. The number of nitrogens with zero attached hydrogens (tertiary/aromatic N) is 1. The molecule has 1 amide bonds. The fourth-order valence-corrected chi connectivity index (χ4v) is 3.02. The SMILES string of the molecule is COc1cc(C)c(CN(C)[C@H](C)C(=O)Nc2ccc3c(c2)OCO3)cc1OC. The zero-order valence-electron chi connectivity index (χ0n) is 16.9. The largest absolute Gasteiger partial charge is 0.493 e. The van der Waals surface area contributed by atoms with Crippen molar-refractivity contribution in [3.63, 3.8) is 0 Å². The van der Waals surface area contributed by atoms with Gasteiger partial charge in [-0.25, -0.2) is 0 Å². The fourth-order valence-electron chi connectivity index (χ4n) is 3.02. The van der Waals surface area contributed by atoms with Gasteiger partial charge in [-0.2, -0.15) is 0 Å². The number of carbonyl (C=O) groups is 1. The first kappa shape index (κ1) is 19.8. The standard InChI is InChI=1S/C21H26N2O5/c1-13-8-18(25-4)19(26-5)9-15(13)11-23(3)14(2)21(24)22-16-6-7-17-20(10-16)28-12-27-17/h6-10,14H,11-12H2,1-5H3,(H,22,24)/t14-/m1/s1. The van der Waals surface area contributed by atoms with Gasteiger partial charge in [-0.05, 0) is 56.3 Å². The second kappa shape index (κ2) is 8.39. The maximum absolute atomic E-state index is 12.7. The van der Waals surface area contributed by atoms with Gasteiger partial charge in [-0.15, -0.1) is 0 Å². The first-order chi connectivity index (χ1) is 13.4. The Morgan fingerprint density at radius 3 is 2.54 bits per heavy atom. The Labute approximate surface area is 165 Å². The first-order valence-electron chi connectivity index (χ1n) is 9.05. The topological polar surface area (TPSA) is 69.3 Å². The number of ether oxygens (including phenoxy) is 4. The lowest BCUT2D eigenvalue weighted by molar-refractivity contribution is -0.120. The predicted molar refractivity (Wildman–Crippen MR) is 106 cm³/mol. The molecule has 2 aromatic carbocycles. The minimum absolute atomic E-state index is 0.0977. The highest BCUT2D eigenvalue weighted by Gasteiger charge is 2.21. The van der Waals surface area contributed by atoms with Gasteiger partial charge in [0, 0.05) is 18.3 Å². The summed E-state index contributed by atoms with van der Waals surface area (Å²) >= 11 is 0. The van der Waals surface area contributed by atoms with E-state index in [1.165, 1.54) is 0 Å². The number of nitrogens with one attached hydrogen (secondary N) is 1. The molecule has 0 unspecified atom stereocenters. The summed E-state index contributed by atoms with van der Waals surface area (Å²) < 4.78 is 21.4. The van der Waals surface area contributed by atoms with Crippen LogP contribution >= 0.6 is 0 Å². The molecule has 150 valence electrons. The third kappa shape index (κ3) is 4.14. The quantitative estimate of drug-likeness (QED) is 0.788. The number of carbonyl (C=O) groups excluding carboxylic acids is 1. The van der Waals surface area contributed by atoms with Gasteiger partial charge in [-0.1, -0.05) is 0 Å². The van der Waals surface area contributed by atoms with Gasteiger partial charge in [0.05, 0.1) is 20.3 Å². The van der Waals surface area contributed by atoms with Gasteiger partial charge in [0.2, 0.25) is 12.7 Å². The molecule has 1 aliphatic heterocycles. The Kier molecular flexibility index (Phi) is 5.94. The van der Waals surface area contributed by atoms with Crippen molar-refractivity contribution in [1.29, 1.82) is 0 Å². The van der Waals surface area contributed by atoms with Crippen molar-refractivity contribution in [1.82, 2.24) is 4.90 Å². The number of anilines is 1. The maximum Gasteiger partial charge on any atom is 0.241 e. The summed E-state index contributed by atoms with van der Waals surface area (Å²) in [6, 6.07) is 8.92. The molecule has 0 spiro atoms. The van der Waals surface area contributed by atoms with Crippen LogP contribution in [0.25, 0.3) is 0 Å². The Balaban J connectivity index is 1.67. The molecule has 0 aliphatic carbocycles. The fraction of sp³-hybridized carbons (Fsp3) is 0.381. The maximum atomic E-state index is 12.7. The van der Waals surface area contributed by atoms with E-state index in [2.05, 4.69) is 5.32 Å². The van der Waals surface area contributed by atoms with E-state index in [1.54, 1.807) is 32.4 Å². The Morgan fingerprint density at radius 1 is 1.14 bits per heavy atom. The van der Waals surface area contributed by atoms with Crippen LogP contribution in [0, 0.1) is 6.92 Å². The lowest BCUT2D eigenvalue weighted by Crippen LogP contribution is -2.39. The van der Waals surface area contributed by atoms with Crippen LogP contribution in [0.15, 0.2) is 30.3 Å². The van der Waals surface area contributed by atoms with Gasteiger partial charge in [0.25, 0.3) is 0 Å². The van der Waals surface area contributed by atoms with E-state index in [0.717, 1.165) is 11.1 Å². The van der Waals surface area contributed by atoms with E-state index in [-0.39, 0.29) is 18.7 Å². The number of amides is 1. The number of benzene rings is 2. The van der Waals surface area contributed by atoms with Crippen molar-refractivity contribution < 1.29 is 23.7 Å². The first-order valence-corrected chi connectivity index (χ1v) is 9.05. The van der Waals surface area contributed by atoms with Crippen molar-refractivity contribution in [2.45, 2.75) is 26.4 Å². The molecular weight excluding hydrogens is 360 g/mol. The van der Waals surface area contributed by atoms with Gasteiger partial charge >= 0.3 is 0 Å². The predicted octanol–water partition coefficient (Wildman–Crippen LogP) is 3.20. The summed E-state index contributed by atoms with van der Waals surface area (Å²) in [7, 11) is 5.15. The van der Waals surface area contributed by atoms with E-state index in [0.29, 0.717) is 35.2 Å². The van der Waals surface area contributed by atoms with Crippen molar-refractivity contribution in [2.24, 2.45) is 0 Å². The molecule has 0 bridgehead atoms. The number of hydrogen-bond donors (Lipinski definition) is 1. The molecule has 7 nitrogen and oxygen atoms in total. The molecule has 7 heteroatoms. The Hall–Kier alpha value is -2.93. The molecule has 2 aromatic rings. The molecule has 1 aliphatic rings. The second-order valence-electron chi connectivity index (χ2n) is 6.78. The van der Waals surface area contributed by atoms with E-state index in [9.17, 15) is 4.79 Å². The lowest BCUT2D eigenvalue weighted by atomic mass is 10.1. The molecule has 0 fully saturated rings.